The van der Waals surface area contributed by atoms with E-state index < -0.39 is 0 Å². The van der Waals surface area contributed by atoms with Crippen molar-refractivity contribution < 1.29 is 9.53 Å². The summed E-state index contributed by atoms with van der Waals surface area (Å²) >= 11 is 0. The van der Waals surface area contributed by atoms with Crippen molar-refractivity contribution in [1.82, 2.24) is 15.3 Å². The summed E-state index contributed by atoms with van der Waals surface area (Å²) in [6.45, 7) is 0.556. The minimum Gasteiger partial charge on any atom is -0.370 e. The highest BCUT2D eigenvalue weighted by Gasteiger charge is 2.42. The minimum absolute atomic E-state index is 0.127. The molecule has 2 aliphatic rings. The second-order valence-electron chi connectivity index (χ2n) is 6.64. The van der Waals surface area contributed by atoms with Crippen LogP contribution in [0.25, 0.3) is 10.9 Å². The van der Waals surface area contributed by atoms with Gasteiger partial charge in [-0.15, -0.1) is 0 Å². The number of ether oxygens (including phenoxy) is 1. The van der Waals surface area contributed by atoms with Crippen molar-refractivity contribution in [2.75, 3.05) is 11.9 Å². The number of amides is 2. The van der Waals surface area contributed by atoms with E-state index in [1.807, 2.05) is 18.3 Å². The average molecular weight is 314 g/mol. The zero-order valence-electron chi connectivity index (χ0n) is 13.1. The van der Waals surface area contributed by atoms with Gasteiger partial charge in [0.1, 0.15) is 5.82 Å². The third-order valence-corrected chi connectivity index (χ3v) is 5.01. The predicted molar refractivity (Wildman–Crippen MR) is 88.4 cm³/mol. The zero-order chi connectivity index (χ0) is 15.7. The number of H-pyrrole nitrogens is 1. The van der Waals surface area contributed by atoms with E-state index >= 15 is 0 Å². The topological polar surface area (TPSA) is 79.0 Å². The summed E-state index contributed by atoms with van der Waals surface area (Å²) in [4.78, 5) is 19.4. The Kier molecular flexibility index (Phi) is 3.69. The molecule has 2 aromatic rings. The number of hydrogen-bond acceptors (Lipinski definition) is 3. The Labute approximate surface area is 135 Å². The van der Waals surface area contributed by atoms with Crippen LogP contribution in [0.15, 0.2) is 24.5 Å². The molecule has 4 rings (SSSR count). The van der Waals surface area contributed by atoms with E-state index in [2.05, 4.69) is 20.6 Å². The lowest BCUT2D eigenvalue weighted by Crippen LogP contribution is -2.49. The summed E-state index contributed by atoms with van der Waals surface area (Å²) in [6, 6.07) is 3.57. The van der Waals surface area contributed by atoms with Crippen molar-refractivity contribution in [2.45, 2.75) is 50.2 Å². The molecule has 1 atom stereocenters. The number of aromatic amines is 1. The highest BCUT2D eigenvalue weighted by Crippen LogP contribution is 2.43. The summed E-state index contributed by atoms with van der Waals surface area (Å²) in [7, 11) is 0. The molecule has 1 spiro atoms. The number of carbonyl (C=O) groups is 1. The molecule has 1 unspecified atom stereocenters. The number of rotatable bonds is 3. The van der Waals surface area contributed by atoms with Crippen molar-refractivity contribution in [3.63, 3.8) is 0 Å². The van der Waals surface area contributed by atoms with Gasteiger partial charge in [-0.25, -0.2) is 9.78 Å². The third kappa shape index (κ3) is 3.03. The Morgan fingerprint density at radius 3 is 3.09 bits per heavy atom. The predicted octanol–water partition coefficient (Wildman–Crippen LogP) is 3.18. The van der Waals surface area contributed by atoms with Crippen LogP contribution in [0.5, 0.6) is 0 Å². The second-order valence-corrected chi connectivity index (χ2v) is 6.64. The summed E-state index contributed by atoms with van der Waals surface area (Å²) in [5.74, 6) is 0.551. The fourth-order valence-corrected chi connectivity index (χ4v) is 3.59. The monoisotopic (exact) mass is 314 g/mol. The molecule has 6 heteroatoms. The largest absolute Gasteiger partial charge is 0.370 e. The van der Waals surface area contributed by atoms with Gasteiger partial charge >= 0.3 is 6.03 Å². The van der Waals surface area contributed by atoms with Gasteiger partial charge in [0.15, 0.2) is 0 Å². The number of hydrogen-bond donors (Lipinski definition) is 3. The van der Waals surface area contributed by atoms with Gasteiger partial charge in [-0.3, -0.25) is 5.32 Å². The first-order valence-electron chi connectivity index (χ1n) is 8.38. The van der Waals surface area contributed by atoms with Gasteiger partial charge < -0.3 is 15.0 Å². The fraction of sp³-hybridized carbons (Fsp3) is 0.529. The molecule has 1 saturated heterocycles. The Morgan fingerprint density at radius 1 is 1.39 bits per heavy atom. The van der Waals surface area contributed by atoms with Crippen LogP contribution in [-0.4, -0.2) is 34.2 Å². The van der Waals surface area contributed by atoms with Crippen molar-refractivity contribution in [3.05, 3.63) is 24.5 Å². The normalized spacial score (nSPS) is 22.7. The first kappa shape index (κ1) is 14.5. The lowest BCUT2D eigenvalue weighted by atomic mass is 9.74. The van der Waals surface area contributed by atoms with Crippen LogP contribution in [0.2, 0.25) is 0 Å². The number of nitrogens with zero attached hydrogens (tertiary/aromatic N) is 1. The summed E-state index contributed by atoms with van der Waals surface area (Å²) in [6.07, 6.45) is 10.7. The Balaban J connectivity index is 1.29. The molecule has 0 aromatic carbocycles. The van der Waals surface area contributed by atoms with Crippen LogP contribution in [0.3, 0.4) is 0 Å². The Bertz CT molecular complexity index is 707. The molecule has 6 nitrogen and oxygen atoms in total. The van der Waals surface area contributed by atoms with Gasteiger partial charge in [0.25, 0.3) is 0 Å². The van der Waals surface area contributed by atoms with Gasteiger partial charge in [-0.05, 0) is 50.7 Å². The maximum atomic E-state index is 12.0. The number of anilines is 1. The maximum Gasteiger partial charge on any atom is 0.320 e. The number of carbonyl (C=O) groups excluding carboxylic acids is 1. The van der Waals surface area contributed by atoms with E-state index in [1.165, 1.54) is 32.1 Å². The molecule has 2 amide bonds. The number of urea groups is 1. The third-order valence-electron chi connectivity index (χ3n) is 5.01. The molecule has 0 radical (unpaired) electrons. The van der Waals surface area contributed by atoms with Crippen molar-refractivity contribution >= 4 is 22.8 Å². The molecule has 0 bridgehead atoms. The van der Waals surface area contributed by atoms with Crippen LogP contribution in [0.1, 0.15) is 38.5 Å². The van der Waals surface area contributed by atoms with Crippen LogP contribution >= 0.6 is 0 Å². The minimum atomic E-state index is -0.232. The van der Waals surface area contributed by atoms with Crippen molar-refractivity contribution in [2.24, 2.45) is 0 Å². The standard InChI is InChI=1S/C17H22N4O2/c22-16(21-15-9-12-4-8-18-14(12)11-19-15)20-10-13-3-1-5-17(23-13)6-2-7-17/h4,8-9,11,13,18H,1-3,5-7,10H2,(H2,19,20,21,22). The van der Waals surface area contributed by atoms with Gasteiger partial charge in [0.05, 0.1) is 23.4 Å². The first-order valence-corrected chi connectivity index (χ1v) is 8.38. The molecular formula is C17H22N4O2. The van der Waals surface area contributed by atoms with Crippen LogP contribution in [0, 0.1) is 0 Å². The summed E-state index contributed by atoms with van der Waals surface area (Å²) in [5, 5.41) is 6.71. The molecule has 2 fully saturated rings. The number of aromatic nitrogens is 2. The molecule has 122 valence electrons. The zero-order valence-corrected chi connectivity index (χ0v) is 13.1. The molecule has 2 aromatic heterocycles. The SMILES string of the molecule is O=C(NCC1CCCC2(CCC2)O1)Nc1cc2cc[nH]c2cn1. The number of pyridine rings is 1. The average Bonchev–Trinajstić information content (AvgIpc) is 2.99. The lowest BCUT2D eigenvalue weighted by molar-refractivity contribution is -0.166. The van der Waals surface area contributed by atoms with Gasteiger partial charge in [0, 0.05) is 18.1 Å². The van der Waals surface area contributed by atoms with Crippen LogP contribution < -0.4 is 10.6 Å². The van der Waals surface area contributed by atoms with Gasteiger partial charge in [-0.1, -0.05) is 0 Å². The Morgan fingerprint density at radius 2 is 2.26 bits per heavy atom. The molecule has 1 aliphatic carbocycles. The molecule has 3 heterocycles. The molecular weight excluding hydrogens is 292 g/mol. The number of nitrogens with one attached hydrogen (secondary N) is 3. The summed E-state index contributed by atoms with van der Waals surface area (Å²) < 4.78 is 6.20. The number of fused-ring (bicyclic) bond motifs is 1. The van der Waals surface area contributed by atoms with E-state index in [4.69, 9.17) is 4.74 Å². The Hall–Kier alpha value is -2.08. The van der Waals surface area contributed by atoms with Crippen LogP contribution in [-0.2, 0) is 4.74 Å². The van der Waals surface area contributed by atoms with Crippen molar-refractivity contribution in [3.8, 4) is 0 Å². The highest BCUT2D eigenvalue weighted by molar-refractivity contribution is 5.91. The second kappa shape index (κ2) is 5.85. The van der Waals surface area contributed by atoms with Crippen molar-refractivity contribution in [1.29, 1.82) is 0 Å². The van der Waals surface area contributed by atoms with Gasteiger partial charge in [0.2, 0.25) is 0 Å². The lowest BCUT2D eigenvalue weighted by Gasteiger charge is -2.47. The smallest absolute Gasteiger partial charge is 0.320 e. The molecule has 3 N–H and O–H groups in total. The van der Waals surface area contributed by atoms with E-state index in [0.29, 0.717) is 12.4 Å². The van der Waals surface area contributed by atoms with Gasteiger partial charge in [-0.2, -0.15) is 0 Å². The fourth-order valence-electron chi connectivity index (χ4n) is 3.59. The van der Waals surface area contributed by atoms with E-state index in [9.17, 15) is 4.79 Å². The molecule has 1 saturated carbocycles. The maximum absolute atomic E-state index is 12.0. The van der Waals surface area contributed by atoms with E-state index in [-0.39, 0.29) is 17.7 Å². The quantitative estimate of drug-likeness (QED) is 0.814. The van der Waals surface area contributed by atoms with Crippen LogP contribution in [0.4, 0.5) is 10.6 Å². The molecule has 1 aliphatic heterocycles. The van der Waals surface area contributed by atoms with E-state index in [1.54, 1.807) is 6.20 Å². The highest BCUT2D eigenvalue weighted by atomic mass is 16.5. The van der Waals surface area contributed by atoms with E-state index in [0.717, 1.165) is 17.3 Å². The molecule has 23 heavy (non-hydrogen) atoms. The first-order chi connectivity index (χ1) is 11.2. The summed E-state index contributed by atoms with van der Waals surface area (Å²) in [5.41, 5.74) is 1.08.